The fourth-order valence-electron chi connectivity index (χ4n) is 0.813. The Balaban J connectivity index is 2.93. The lowest BCUT2D eigenvalue weighted by Crippen LogP contribution is -2.09. The molecule has 13 heavy (non-hydrogen) atoms. The minimum Gasteiger partial charge on any atom is -0.477 e. The third kappa shape index (κ3) is 1.84. The van der Waals surface area contributed by atoms with Gasteiger partial charge in [-0.2, -0.15) is 5.10 Å². The molecule has 0 aliphatic rings. The van der Waals surface area contributed by atoms with E-state index in [1.165, 1.54) is 0 Å². The van der Waals surface area contributed by atoms with Crippen molar-refractivity contribution in [2.24, 2.45) is 0 Å². The van der Waals surface area contributed by atoms with Crippen molar-refractivity contribution in [2.75, 3.05) is 6.61 Å². The van der Waals surface area contributed by atoms with E-state index in [0.29, 0.717) is 0 Å². The molecule has 70 valence electrons. The van der Waals surface area contributed by atoms with E-state index in [2.05, 4.69) is 14.9 Å². The van der Waals surface area contributed by atoms with Crippen molar-refractivity contribution < 1.29 is 19.4 Å². The van der Waals surface area contributed by atoms with Gasteiger partial charge in [0, 0.05) is 0 Å². The van der Waals surface area contributed by atoms with Gasteiger partial charge in [-0.05, 0) is 6.92 Å². The van der Waals surface area contributed by atoms with Crippen molar-refractivity contribution in [2.45, 2.75) is 6.92 Å². The maximum Gasteiger partial charge on any atom is 0.354 e. The van der Waals surface area contributed by atoms with Gasteiger partial charge in [-0.3, -0.25) is 5.10 Å². The number of nitrogens with zero attached hydrogens (tertiary/aromatic N) is 1. The minimum absolute atomic E-state index is 0.0608. The Morgan fingerprint density at radius 3 is 2.92 bits per heavy atom. The summed E-state index contributed by atoms with van der Waals surface area (Å²) in [6, 6.07) is 0. The molecular weight excluding hydrogens is 176 g/mol. The highest BCUT2D eigenvalue weighted by atomic mass is 16.5. The summed E-state index contributed by atoms with van der Waals surface area (Å²) in [5, 5.41) is 14.2. The van der Waals surface area contributed by atoms with E-state index in [1.807, 2.05) is 0 Å². The average molecular weight is 184 g/mol. The van der Waals surface area contributed by atoms with Crippen molar-refractivity contribution in [3.63, 3.8) is 0 Å². The summed E-state index contributed by atoms with van der Waals surface area (Å²) in [5.41, 5.74) is -0.312. The predicted molar refractivity (Wildman–Crippen MR) is 41.5 cm³/mol. The molecule has 1 rings (SSSR count). The van der Waals surface area contributed by atoms with E-state index in [-0.39, 0.29) is 17.9 Å². The van der Waals surface area contributed by atoms with Crippen LogP contribution in [-0.2, 0) is 4.74 Å². The molecule has 0 saturated heterocycles. The number of ether oxygens (including phenoxy) is 1. The number of hydrogen-bond acceptors (Lipinski definition) is 4. The molecule has 0 aliphatic carbocycles. The molecule has 6 nitrogen and oxygen atoms in total. The molecular formula is C7H8N2O4. The van der Waals surface area contributed by atoms with Crippen LogP contribution in [0.25, 0.3) is 0 Å². The number of hydrogen-bond donors (Lipinski definition) is 2. The standard InChI is InChI=1S/C7H8N2O4/c1-2-13-7(12)4-3-8-9-5(4)6(10)11/h3H,2H2,1H3,(H,8,9)(H,10,11). The molecule has 1 aromatic heterocycles. The van der Waals surface area contributed by atoms with E-state index < -0.39 is 11.9 Å². The zero-order chi connectivity index (χ0) is 9.84. The lowest BCUT2D eigenvalue weighted by Gasteiger charge is -1.98. The van der Waals surface area contributed by atoms with Gasteiger partial charge in [0.15, 0.2) is 5.69 Å². The molecule has 0 atom stereocenters. The highest BCUT2D eigenvalue weighted by Crippen LogP contribution is 2.05. The Bertz CT molecular complexity index is 331. The first-order valence-corrected chi connectivity index (χ1v) is 3.60. The zero-order valence-electron chi connectivity index (χ0n) is 6.90. The highest BCUT2D eigenvalue weighted by molar-refractivity contribution is 6.00. The summed E-state index contributed by atoms with van der Waals surface area (Å²) in [5.74, 6) is -1.92. The molecule has 0 radical (unpaired) electrons. The van der Waals surface area contributed by atoms with Crippen LogP contribution in [0.15, 0.2) is 6.20 Å². The van der Waals surface area contributed by atoms with Gasteiger partial charge in [-0.25, -0.2) is 9.59 Å². The lowest BCUT2D eigenvalue weighted by molar-refractivity contribution is 0.0514. The Hall–Kier alpha value is -1.85. The van der Waals surface area contributed by atoms with Gasteiger partial charge in [0.05, 0.1) is 12.8 Å². The second-order valence-corrected chi connectivity index (χ2v) is 2.18. The van der Waals surface area contributed by atoms with Gasteiger partial charge in [-0.1, -0.05) is 0 Å². The summed E-state index contributed by atoms with van der Waals surface area (Å²) < 4.78 is 4.61. The average Bonchev–Trinajstić information content (AvgIpc) is 2.52. The SMILES string of the molecule is CCOC(=O)c1cn[nH]c1C(=O)O. The fourth-order valence-corrected chi connectivity index (χ4v) is 0.813. The molecule has 0 fully saturated rings. The molecule has 2 N–H and O–H groups in total. The van der Waals surface area contributed by atoms with Crippen LogP contribution in [0.2, 0.25) is 0 Å². The first kappa shape index (κ1) is 9.24. The number of carbonyl (C=O) groups is 2. The molecule has 0 saturated carbocycles. The Morgan fingerprint density at radius 2 is 2.38 bits per heavy atom. The van der Waals surface area contributed by atoms with Crippen LogP contribution in [0.1, 0.15) is 27.8 Å². The Morgan fingerprint density at radius 1 is 1.69 bits per heavy atom. The summed E-state index contributed by atoms with van der Waals surface area (Å²) in [6.45, 7) is 1.83. The number of rotatable bonds is 3. The van der Waals surface area contributed by atoms with Crippen molar-refractivity contribution in [3.05, 3.63) is 17.5 Å². The van der Waals surface area contributed by atoms with Crippen LogP contribution in [0.4, 0.5) is 0 Å². The number of carbonyl (C=O) groups excluding carboxylic acids is 1. The second-order valence-electron chi connectivity index (χ2n) is 2.18. The minimum atomic E-state index is -1.24. The molecule has 6 heteroatoms. The van der Waals surface area contributed by atoms with Gasteiger partial charge in [0.25, 0.3) is 0 Å². The Labute approximate surface area is 73.5 Å². The van der Waals surface area contributed by atoms with E-state index in [9.17, 15) is 9.59 Å². The van der Waals surface area contributed by atoms with Gasteiger partial charge in [-0.15, -0.1) is 0 Å². The molecule has 1 heterocycles. The van der Waals surface area contributed by atoms with E-state index >= 15 is 0 Å². The molecule has 0 bridgehead atoms. The van der Waals surface area contributed by atoms with Crippen LogP contribution in [0.3, 0.4) is 0 Å². The maximum atomic E-state index is 11.1. The highest BCUT2D eigenvalue weighted by Gasteiger charge is 2.19. The molecule has 0 aromatic carbocycles. The van der Waals surface area contributed by atoms with Crippen LogP contribution in [0, 0.1) is 0 Å². The third-order valence-corrected chi connectivity index (χ3v) is 1.35. The monoisotopic (exact) mass is 184 g/mol. The number of carboxylic acid groups (broad SMARTS) is 1. The van der Waals surface area contributed by atoms with Crippen molar-refractivity contribution >= 4 is 11.9 Å². The number of aromatic carboxylic acids is 1. The number of H-pyrrole nitrogens is 1. The Kier molecular flexibility index (Phi) is 2.63. The fraction of sp³-hybridized carbons (Fsp3) is 0.286. The number of aromatic amines is 1. The van der Waals surface area contributed by atoms with Gasteiger partial charge < -0.3 is 9.84 Å². The normalized spacial score (nSPS) is 9.62. The number of esters is 1. The summed E-state index contributed by atoms with van der Waals surface area (Å²) in [6.07, 6.45) is 1.13. The van der Waals surface area contributed by atoms with Crippen LogP contribution in [-0.4, -0.2) is 33.8 Å². The van der Waals surface area contributed by atoms with Crippen LogP contribution in [0.5, 0.6) is 0 Å². The molecule has 1 aromatic rings. The summed E-state index contributed by atoms with van der Waals surface area (Å²) in [7, 11) is 0. The smallest absolute Gasteiger partial charge is 0.354 e. The van der Waals surface area contributed by atoms with E-state index in [4.69, 9.17) is 5.11 Å². The summed E-state index contributed by atoms with van der Waals surface area (Å²) in [4.78, 5) is 21.6. The number of aromatic nitrogens is 2. The maximum absolute atomic E-state index is 11.1. The van der Waals surface area contributed by atoms with Crippen molar-refractivity contribution in [1.29, 1.82) is 0 Å². The lowest BCUT2D eigenvalue weighted by atomic mass is 10.2. The molecule has 0 spiro atoms. The van der Waals surface area contributed by atoms with E-state index in [1.54, 1.807) is 6.92 Å². The zero-order valence-corrected chi connectivity index (χ0v) is 6.90. The van der Waals surface area contributed by atoms with Gasteiger partial charge in [0.2, 0.25) is 0 Å². The van der Waals surface area contributed by atoms with Crippen LogP contribution >= 0.6 is 0 Å². The number of carboxylic acids is 1. The summed E-state index contributed by atoms with van der Waals surface area (Å²) >= 11 is 0. The molecule has 0 unspecified atom stereocenters. The van der Waals surface area contributed by atoms with E-state index in [0.717, 1.165) is 6.20 Å². The third-order valence-electron chi connectivity index (χ3n) is 1.35. The number of nitrogens with one attached hydrogen (secondary N) is 1. The first-order chi connectivity index (χ1) is 6.16. The van der Waals surface area contributed by atoms with Gasteiger partial charge in [0.1, 0.15) is 5.56 Å². The topological polar surface area (TPSA) is 92.3 Å². The van der Waals surface area contributed by atoms with Crippen LogP contribution < -0.4 is 0 Å². The molecule has 0 amide bonds. The van der Waals surface area contributed by atoms with Crippen molar-refractivity contribution in [1.82, 2.24) is 10.2 Å². The second kappa shape index (κ2) is 3.70. The first-order valence-electron chi connectivity index (χ1n) is 3.60. The predicted octanol–water partition coefficient (Wildman–Crippen LogP) is 0.285. The molecule has 0 aliphatic heterocycles. The largest absolute Gasteiger partial charge is 0.477 e. The van der Waals surface area contributed by atoms with Gasteiger partial charge >= 0.3 is 11.9 Å². The quantitative estimate of drug-likeness (QED) is 0.658. The van der Waals surface area contributed by atoms with Crippen molar-refractivity contribution in [3.8, 4) is 0 Å².